The number of ether oxygens (including phenoxy) is 1. The molecule has 0 aromatic heterocycles. The van der Waals surface area contributed by atoms with Crippen molar-refractivity contribution in [2.45, 2.75) is 24.8 Å². The highest BCUT2D eigenvalue weighted by atomic mass is 32.2. The molecule has 1 atom stereocenters. The molecule has 0 aliphatic heterocycles. The monoisotopic (exact) mass is 463 g/mol. The van der Waals surface area contributed by atoms with Gasteiger partial charge in [-0.2, -0.15) is 5.26 Å². The molecule has 3 aromatic carbocycles. The van der Waals surface area contributed by atoms with Crippen molar-refractivity contribution >= 4 is 33.3 Å². The van der Waals surface area contributed by atoms with Gasteiger partial charge in [-0.15, -0.1) is 0 Å². The number of anilines is 2. The van der Waals surface area contributed by atoms with E-state index in [1.807, 2.05) is 13.0 Å². The summed E-state index contributed by atoms with van der Waals surface area (Å²) >= 11 is 0. The fourth-order valence-electron chi connectivity index (χ4n) is 2.76. The van der Waals surface area contributed by atoms with Gasteiger partial charge < -0.3 is 10.1 Å². The van der Waals surface area contributed by atoms with Crippen LogP contribution in [0.2, 0.25) is 0 Å². The van der Waals surface area contributed by atoms with Crippen molar-refractivity contribution < 1.29 is 22.7 Å². The Hall–Kier alpha value is -4.16. The van der Waals surface area contributed by atoms with Crippen molar-refractivity contribution in [2.75, 3.05) is 10.0 Å². The van der Waals surface area contributed by atoms with Gasteiger partial charge in [0.2, 0.25) is 0 Å². The summed E-state index contributed by atoms with van der Waals surface area (Å²) in [5.41, 5.74) is 2.43. The molecule has 0 saturated carbocycles. The maximum atomic E-state index is 12.6. The molecule has 3 aromatic rings. The number of aryl methyl sites for hydroxylation is 1. The van der Waals surface area contributed by atoms with Crippen LogP contribution in [0.5, 0.6) is 0 Å². The summed E-state index contributed by atoms with van der Waals surface area (Å²) in [4.78, 5) is 24.6. The van der Waals surface area contributed by atoms with Crippen molar-refractivity contribution in [3.8, 4) is 6.07 Å². The molecule has 0 saturated heterocycles. The Balaban J connectivity index is 1.61. The van der Waals surface area contributed by atoms with Crippen LogP contribution in [-0.2, 0) is 19.6 Å². The minimum atomic E-state index is -3.83. The standard InChI is InChI=1S/C24H21N3O5S/c1-16-3-9-21(10-4-16)27-33(30,31)22-13-7-19(8-14-22)24(29)32-17(2)23(28)26-20-11-5-18(15-25)6-12-20/h3-14,17,27H,1-2H3,(H,26,28). The largest absolute Gasteiger partial charge is 0.449 e. The lowest BCUT2D eigenvalue weighted by Gasteiger charge is -2.14. The van der Waals surface area contributed by atoms with Gasteiger partial charge in [-0.1, -0.05) is 17.7 Å². The van der Waals surface area contributed by atoms with Gasteiger partial charge in [-0.05, 0) is 74.5 Å². The molecule has 0 heterocycles. The van der Waals surface area contributed by atoms with E-state index in [0.29, 0.717) is 16.9 Å². The number of nitrogens with zero attached hydrogens (tertiary/aromatic N) is 1. The van der Waals surface area contributed by atoms with Crippen LogP contribution in [-0.4, -0.2) is 26.4 Å². The quantitative estimate of drug-likeness (QED) is 0.513. The third kappa shape index (κ3) is 6.18. The second-order valence-corrected chi connectivity index (χ2v) is 8.90. The third-order valence-corrected chi connectivity index (χ3v) is 6.04. The summed E-state index contributed by atoms with van der Waals surface area (Å²) in [6.07, 6.45) is -1.10. The Morgan fingerprint density at radius 3 is 2.06 bits per heavy atom. The second kappa shape index (κ2) is 9.97. The number of carbonyl (C=O) groups is 2. The van der Waals surface area contributed by atoms with E-state index in [1.54, 1.807) is 48.5 Å². The van der Waals surface area contributed by atoms with Crippen LogP contribution in [0.4, 0.5) is 11.4 Å². The van der Waals surface area contributed by atoms with E-state index < -0.39 is 28.0 Å². The molecule has 168 valence electrons. The third-order valence-electron chi connectivity index (χ3n) is 4.64. The van der Waals surface area contributed by atoms with E-state index in [4.69, 9.17) is 10.00 Å². The van der Waals surface area contributed by atoms with Crippen LogP contribution in [0.1, 0.15) is 28.4 Å². The Labute approximate surface area is 191 Å². The van der Waals surface area contributed by atoms with Crippen LogP contribution in [0.3, 0.4) is 0 Å². The highest BCUT2D eigenvalue weighted by Gasteiger charge is 2.20. The maximum Gasteiger partial charge on any atom is 0.338 e. The maximum absolute atomic E-state index is 12.6. The summed E-state index contributed by atoms with van der Waals surface area (Å²) in [6.45, 7) is 3.31. The number of nitrogens with one attached hydrogen (secondary N) is 2. The fourth-order valence-corrected chi connectivity index (χ4v) is 3.82. The molecule has 3 rings (SSSR count). The van der Waals surface area contributed by atoms with E-state index in [-0.39, 0.29) is 10.5 Å². The lowest BCUT2D eigenvalue weighted by Crippen LogP contribution is -2.30. The number of esters is 1. The summed E-state index contributed by atoms with van der Waals surface area (Å²) in [5, 5.41) is 11.4. The van der Waals surface area contributed by atoms with Crippen molar-refractivity contribution in [3.05, 3.63) is 89.5 Å². The van der Waals surface area contributed by atoms with Crippen LogP contribution >= 0.6 is 0 Å². The SMILES string of the molecule is Cc1ccc(NS(=O)(=O)c2ccc(C(=O)OC(C)C(=O)Nc3ccc(C#N)cc3)cc2)cc1. The van der Waals surface area contributed by atoms with Crippen molar-refractivity contribution in [3.63, 3.8) is 0 Å². The van der Waals surface area contributed by atoms with Gasteiger partial charge >= 0.3 is 5.97 Å². The van der Waals surface area contributed by atoms with E-state index in [9.17, 15) is 18.0 Å². The van der Waals surface area contributed by atoms with Crippen molar-refractivity contribution in [2.24, 2.45) is 0 Å². The number of hydrogen-bond acceptors (Lipinski definition) is 6. The van der Waals surface area contributed by atoms with E-state index in [0.717, 1.165) is 5.56 Å². The zero-order chi connectivity index (χ0) is 24.0. The van der Waals surface area contributed by atoms with Gasteiger partial charge in [-0.3, -0.25) is 9.52 Å². The summed E-state index contributed by atoms with van der Waals surface area (Å²) in [6, 6.07) is 20.3. The molecule has 9 heteroatoms. The molecule has 2 N–H and O–H groups in total. The second-order valence-electron chi connectivity index (χ2n) is 7.22. The number of carbonyl (C=O) groups excluding carboxylic acids is 2. The van der Waals surface area contributed by atoms with Crippen LogP contribution in [0, 0.1) is 18.3 Å². The summed E-state index contributed by atoms with van der Waals surface area (Å²) in [7, 11) is -3.83. The number of rotatable bonds is 7. The number of nitriles is 1. The topological polar surface area (TPSA) is 125 Å². The molecule has 1 amide bonds. The fraction of sp³-hybridized carbons (Fsp3) is 0.125. The summed E-state index contributed by atoms with van der Waals surface area (Å²) in [5.74, 6) is -1.32. The van der Waals surface area contributed by atoms with Gasteiger partial charge in [0.25, 0.3) is 15.9 Å². The summed E-state index contributed by atoms with van der Waals surface area (Å²) < 4.78 is 32.8. The lowest BCUT2D eigenvalue weighted by atomic mass is 10.2. The molecule has 0 fully saturated rings. The molecule has 8 nitrogen and oxygen atoms in total. The predicted octanol–water partition coefficient (Wildman–Crippen LogP) is 3.85. The van der Waals surface area contributed by atoms with Crippen molar-refractivity contribution in [1.82, 2.24) is 0 Å². The number of amides is 1. The van der Waals surface area contributed by atoms with Crippen LogP contribution in [0.25, 0.3) is 0 Å². The smallest absolute Gasteiger partial charge is 0.338 e. The minimum absolute atomic E-state index is 0.0220. The highest BCUT2D eigenvalue weighted by Crippen LogP contribution is 2.18. The lowest BCUT2D eigenvalue weighted by molar-refractivity contribution is -0.123. The van der Waals surface area contributed by atoms with Gasteiger partial charge in [0.1, 0.15) is 0 Å². The first-order valence-electron chi connectivity index (χ1n) is 9.89. The highest BCUT2D eigenvalue weighted by molar-refractivity contribution is 7.92. The minimum Gasteiger partial charge on any atom is -0.449 e. The molecule has 0 aliphatic carbocycles. The normalized spacial score (nSPS) is 11.7. The Kier molecular flexibility index (Phi) is 7.10. The number of hydrogen-bond donors (Lipinski definition) is 2. The molecule has 0 radical (unpaired) electrons. The molecule has 0 aliphatic rings. The molecule has 1 unspecified atom stereocenters. The Morgan fingerprint density at radius 2 is 1.48 bits per heavy atom. The van der Waals surface area contributed by atoms with E-state index in [1.165, 1.54) is 31.2 Å². The molecule has 0 spiro atoms. The van der Waals surface area contributed by atoms with E-state index in [2.05, 4.69) is 10.0 Å². The molecular weight excluding hydrogens is 442 g/mol. The molecular formula is C24H21N3O5S. The average Bonchev–Trinajstić information content (AvgIpc) is 2.81. The molecule has 0 bridgehead atoms. The van der Waals surface area contributed by atoms with Crippen LogP contribution in [0.15, 0.2) is 77.7 Å². The van der Waals surface area contributed by atoms with Crippen molar-refractivity contribution in [1.29, 1.82) is 5.26 Å². The number of benzene rings is 3. The zero-order valence-corrected chi connectivity index (χ0v) is 18.7. The average molecular weight is 464 g/mol. The molecule has 33 heavy (non-hydrogen) atoms. The van der Waals surface area contributed by atoms with Gasteiger partial charge in [0.15, 0.2) is 6.10 Å². The van der Waals surface area contributed by atoms with Gasteiger partial charge in [0.05, 0.1) is 22.1 Å². The first kappa shape index (κ1) is 23.5. The van der Waals surface area contributed by atoms with Gasteiger partial charge in [-0.25, -0.2) is 13.2 Å². The first-order chi connectivity index (χ1) is 15.7. The first-order valence-corrected chi connectivity index (χ1v) is 11.4. The van der Waals surface area contributed by atoms with Gasteiger partial charge in [0, 0.05) is 11.4 Å². The zero-order valence-electron chi connectivity index (χ0n) is 17.9. The Bertz CT molecular complexity index is 1290. The number of sulfonamides is 1. The van der Waals surface area contributed by atoms with Crippen LogP contribution < -0.4 is 10.0 Å². The predicted molar refractivity (Wildman–Crippen MR) is 123 cm³/mol. The van der Waals surface area contributed by atoms with E-state index >= 15 is 0 Å². The Morgan fingerprint density at radius 1 is 0.909 bits per heavy atom.